The van der Waals surface area contributed by atoms with Gasteiger partial charge in [-0.3, -0.25) is 0 Å². The molecule has 0 spiro atoms. The van der Waals surface area contributed by atoms with Crippen molar-refractivity contribution in [3.8, 4) is 0 Å². The van der Waals surface area contributed by atoms with Gasteiger partial charge in [0.25, 0.3) is 0 Å². The van der Waals surface area contributed by atoms with E-state index in [1.165, 1.54) is 0 Å². The Bertz CT molecular complexity index is 285. The third-order valence-corrected chi connectivity index (χ3v) is 3.82. The van der Waals surface area contributed by atoms with Crippen molar-refractivity contribution in [3.63, 3.8) is 0 Å². The molecule has 0 aromatic rings. The van der Waals surface area contributed by atoms with E-state index in [1.807, 2.05) is 0 Å². The Balaban J connectivity index is 2.63. The summed E-state index contributed by atoms with van der Waals surface area (Å²) in [5.41, 5.74) is 0. The van der Waals surface area contributed by atoms with E-state index in [4.69, 9.17) is 0 Å². The van der Waals surface area contributed by atoms with E-state index in [-0.39, 0.29) is 12.3 Å². The molecule has 1 saturated carbocycles. The van der Waals surface area contributed by atoms with Crippen LogP contribution in [0.15, 0.2) is 0 Å². The van der Waals surface area contributed by atoms with E-state index in [0.29, 0.717) is 0 Å². The fourth-order valence-electron chi connectivity index (χ4n) is 2.26. The average Bonchev–Trinajstić information content (AvgIpc) is 2.42. The molecule has 0 aliphatic heterocycles. The molecule has 0 bridgehead atoms. The zero-order valence-corrected chi connectivity index (χ0v) is 11.6. The molecule has 1 N–H and O–H groups in total. The van der Waals surface area contributed by atoms with Gasteiger partial charge >= 0.3 is 22.5 Å². The van der Waals surface area contributed by atoms with E-state index in [1.54, 1.807) is 0 Å². The highest BCUT2D eigenvalue weighted by Crippen LogP contribution is 2.37. The molecule has 0 heterocycles. The van der Waals surface area contributed by atoms with Crippen LogP contribution in [-0.4, -0.2) is 11.1 Å². The normalized spacial score (nSPS) is 23.1. The van der Waals surface area contributed by atoms with Crippen molar-refractivity contribution in [2.45, 2.75) is 50.9 Å². The summed E-state index contributed by atoms with van der Waals surface area (Å²) in [4.78, 5) is 21.0. The van der Waals surface area contributed by atoms with Gasteiger partial charge in [0.15, 0.2) is 0 Å². The molecule has 1 aliphatic rings. The fraction of sp³-hybridized carbons (Fsp3) is 1.00. The second-order valence-electron chi connectivity index (χ2n) is 4.40. The Morgan fingerprint density at radius 2 is 1.50 bits per heavy atom. The third kappa shape index (κ3) is 6.25. The summed E-state index contributed by atoms with van der Waals surface area (Å²) in [6.45, 7) is 0. The van der Waals surface area contributed by atoms with Gasteiger partial charge < -0.3 is 14.9 Å². The van der Waals surface area contributed by atoms with Crippen molar-refractivity contribution in [2.75, 3.05) is 0 Å². The lowest BCUT2D eigenvalue weighted by Gasteiger charge is -2.22. The molecule has 9 heteroatoms. The second-order valence-corrected chi connectivity index (χ2v) is 5.66. The van der Waals surface area contributed by atoms with Gasteiger partial charge in [-0.05, 0) is 15.0 Å². The molecule has 1 rings (SSSR count). The number of hydrogen-bond acceptors (Lipinski definition) is 7. The van der Waals surface area contributed by atoms with Gasteiger partial charge in [0.1, 0.15) is 0 Å². The first-order valence-electron chi connectivity index (χ1n) is 5.81. The van der Waals surface area contributed by atoms with Crippen LogP contribution in [0.3, 0.4) is 0 Å². The van der Waals surface area contributed by atoms with E-state index in [9.17, 15) is 24.0 Å². The maximum Gasteiger partial charge on any atom is 0.494 e. The van der Waals surface area contributed by atoms with Gasteiger partial charge in [0.05, 0.1) is 0 Å². The Morgan fingerprint density at radius 1 is 1.06 bits per heavy atom. The Labute approximate surface area is 107 Å². The Kier molecular flexibility index (Phi) is 6.74. The first-order valence-corrected chi connectivity index (χ1v) is 8.00. The summed E-state index contributed by atoms with van der Waals surface area (Å²) in [6.07, 6.45) is 5.52. The lowest BCUT2D eigenvalue weighted by atomic mass is 9.95. The smallest absolute Gasteiger partial charge is 0.494 e. The molecule has 0 saturated heterocycles. The van der Waals surface area contributed by atoms with E-state index >= 15 is 0 Å². The molecule has 7 nitrogen and oxygen atoms in total. The summed E-state index contributed by atoms with van der Waals surface area (Å²) in [5, 5.41) is 9.78. The zero-order chi connectivity index (χ0) is 13.6. The minimum Gasteiger partial charge on any atom is -0.566 e. The quantitative estimate of drug-likeness (QED) is 0.442. The number of hydrogen-bond donors (Lipinski definition) is 1. The van der Waals surface area contributed by atoms with Crippen LogP contribution in [0.4, 0.5) is 0 Å². The minimum atomic E-state index is -3.39. The van der Waals surface area contributed by atoms with Crippen LogP contribution in [0.25, 0.3) is 0 Å². The van der Waals surface area contributed by atoms with Crippen LogP contribution < -0.4 is 9.79 Å². The average molecular weight is 298 g/mol. The van der Waals surface area contributed by atoms with Crippen molar-refractivity contribution >= 4 is 16.5 Å². The van der Waals surface area contributed by atoms with E-state index in [0.717, 1.165) is 38.5 Å². The van der Waals surface area contributed by atoms with Crippen LogP contribution in [-0.2, 0) is 18.2 Å². The summed E-state index contributed by atoms with van der Waals surface area (Å²) < 4.78 is 29.4. The largest absolute Gasteiger partial charge is 0.566 e. The van der Waals surface area contributed by atoms with Crippen LogP contribution >= 0.6 is 16.5 Å². The Morgan fingerprint density at radius 3 is 1.89 bits per heavy atom. The van der Waals surface area contributed by atoms with Crippen molar-refractivity contribution in [3.05, 3.63) is 0 Å². The SMILES string of the molecule is O=[P+]([O-])OC(O)(CC1CCCCCC1)O[P+](=O)[O-]. The lowest BCUT2D eigenvalue weighted by molar-refractivity contribution is -0.323. The summed E-state index contributed by atoms with van der Waals surface area (Å²) in [5.74, 6) is -2.61. The highest BCUT2D eigenvalue weighted by atomic mass is 31.1. The molecule has 1 aliphatic carbocycles. The van der Waals surface area contributed by atoms with Gasteiger partial charge in [0.2, 0.25) is 0 Å². The molecular formula is C9H16O7P2. The minimum absolute atomic E-state index is 0.0117. The van der Waals surface area contributed by atoms with Crippen LogP contribution in [0.5, 0.6) is 0 Å². The molecular weight excluding hydrogens is 282 g/mol. The van der Waals surface area contributed by atoms with Crippen LogP contribution in [0.2, 0.25) is 0 Å². The molecule has 18 heavy (non-hydrogen) atoms. The van der Waals surface area contributed by atoms with Gasteiger partial charge in [0, 0.05) is 6.42 Å². The molecule has 0 aromatic carbocycles. The predicted octanol–water partition coefficient (Wildman–Crippen LogP) is 1.06. The summed E-state index contributed by atoms with van der Waals surface area (Å²) in [6, 6.07) is 0. The third-order valence-electron chi connectivity index (χ3n) is 2.96. The predicted molar refractivity (Wildman–Crippen MR) is 58.1 cm³/mol. The Hall–Kier alpha value is -0.0000000000000000486. The van der Waals surface area contributed by atoms with E-state index in [2.05, 4.69) is 9.05 Å². The molecule has 1 fully saturated rings. The van der Waals surface area contributed by atoms with Crippen LogP contribution in [0.1, 0.15) is 44.9 Å². The molecule has 0 amide bonds. The van der Waals surface area contributed by atoms with Gasteiger partial charge in [-0.2, -0.15) is 0 Å². The number of rotatable bonds is 6. The summed E-state index contributed by atoms with van der Waals surface area (Å²) in [7, 11) is -6.79. The van der Waals surface area contributed by atoms with Crippen molar-refractivity contribution in [1.29, 1.82) is 0 Å². The van der Waals surface area contributed by atoms with Crippen LogP contribution in [0, 0.1) is 5.92 Å². The van der Waals surface area contributed by atoms with Crippen molar-refractivity contribution < 1.29 is 33.1 Å². The standard InChI is InChI=1S/C9H16O7P2/c10-9(15-17(11)12,16-18(13)14)7-8-5-3-1-2-4-6-8/h8,10H,1-7H2. The fourth-order valence-corrected chi connectivity index (χ4v) is 3.01. The molecule has 0 aromatic heterocycles. The van der Waals surface area contributed by atoms with E-state index < -0.39 is 22.5 Å². The maximum atomic E-state index is 10.5. The summed E-state index contributed by atoms with van der Waals surface area (Å²) >= 11 is 0. The molecule has 2 unspecified atom stereocenters. The van der Waals surface area contributed by atoms with Crippen molar-refractivity contribution in [2.24, 2.45) is 5.92 Å². The van der Waals surface area contributed by atoms with Gasteiger partial charge in [-0.1, -0.05) is 47.6 Å². The lowest BCUT2D eigenvalue weighted by Crippen LogP contribution is -2.35. The highest BCUT2D eigenvalue weighted by Gasteiger charge is 2.44. The highest BCUT2D eigenvalue weighted by molar-refractivity contribution is 7.31. The first kappa shape index (κ1) is 16.1. The maximum absolute atomic E-state index is 10.5. The van der Waals surface area contributed by atoms with Crippen molar-refractivity contribution in [1.82, 2.24) is 0 Å². The monoisotopic (exact) mass is 298 g/mol. The van der Waals surface area contributed by atoms with Gasteiger partial charge in [-0.15, -0.1) is 0 Å². The first-order chi connectivity index (χ1) is 8.41. The topological polar surface area (TPSA) is 119 Å². The van der Waals surface area contributed by atoms with Gasteiger partial charge in [-0.25, -0.2) is 0 Å². The zero-order valence-electron chi connectivity index (χ0n) is 9.82. The molecule has 2 atom stereocenters. The molecule has 104 valence electrons. The molecule has 0 radical (unpaired) electrons. The second kappa shape index (κ2) is 7.56. The number of aliphatic hydroxyl groups is 1.